The van der Waals surface area contributed by atoms with Gasteiger partial charge in [-0.05, 0) is 30.8 Å². The van der Waals surface area contributed by atoms with Gasteiger partial charge in [-0.1, -0.05) is 6.07 Å². The molecule has 0 bridgehead atoms. The Morgan fingerprint density at radius 1 is 1.60 bits per heavy atom. The molecule has 1 unspecified atom stereocenters. The number of sulfonamides is 1. The van der Waals surface area contributed by atoms with Crippen LogP contribution in [0.4, 0.5) is 0 Å². The molecule has 1 aromatic heterocycles. The average Bonchev–Trinajstić information content (AvgIpc) is 2.88. The van der Waals surface area contributed by atoms with Gasteiger partial charge in [0.25, 0.3) is 0 Å². The highest BCUT2D eigenvalue weighted by Crippen LogP contribution is 2.15. The van der Waals surface area contributed by atoms with Gasteiger partial charge in [0.15, 0.2) is 0 Å². The molecule has 1 fully saturated rings. The average molecular weight is 246 g/mol. The molecule has 15 heavy (non-hydrogen) atoms. The third-order valence-corrected chi connectivity index (χ3v) is 5.26. The maximum absolute atomic E-state index is 11.7. The van der Waals surface area contributed by atoms with Crippen LogP contribution in [-0.4, -0.2) is 27.5 Å². The van der Waals surface area contributed by atoms with E-state index in [1.807, 2.05) is 0 Å². The highest BCUT2D eigenvalue weighted by molar-refractivity contribution is 7.91. The molecule has 4 nitrogen and oxygen atoms in total. The number of rotatable bonds is 4. The second kappa shape index (κ2) is 4.61. The fraction of sp³-hybridized carbons (Fsp3) is 0.556. The molecule has 2 heterocycles. The molecule has 0 aliphatic carbocycles. The lowest BCUT2D eigenvalue weighted by atomic mass is 10.2. The zero-order valence-corrected chi connectivity index (χ0v) is 9.90. The van der Waals surface area contributed by atoms with Crippen molar-refractivity contribution in [1.29, 1.82) is 0 Å². The van der Waals surface area contributed by atoms with Crippen LogP contribution in [-0.2, 0) is 10.0 Å². The summed E-state index contributed by atoms with van der Waals surface area (Å²) in [5.41, 5.74) is 0. The van der Waals surface area contributed by atoms with E-state index in [0.29, 0.717) is 16.8 Å². The van der Waals surface area contributed by atoms with Crippen LogP contribution in [0.3, 0.4) is 0 Å². The fourth-order valence-corrected chi connectivity index (χ4v) is 3.75. The molecule has 2 rings (SSSR count). The topological polar surface area (TPSA) is 58.2 Å². The van der Waals surface area contributed by atoms with Crippen molar-refractivity contribution < 1.29 is 8.42 Å². The van der Waals surface area contributed by atoms with Gasteiger partial charge >= 0.3 is 0 Å². The summed E-state index contributed by atoms with van der Waals surface area (Å²) in [5, 5.41) is 5.02. The first-order chi connectivity index (χ1) is 7.18. The van der Waals surface area contributed by atoms with E-state index in [0.717, 1.165) is 19.4 Å². The summed E-state index contributed by atoms with van der Waals surface area (Å²) >= 11 is 1.24. The molecule has 6 heteroatoms. The number of thiophene rings is 1. The molecular formula is C9H14N2O2S2. The lowest BCUT2D eigenvalue weighted by molar-refractivity contribution is 0.553. The van der Waals surface area contributed by atoms with E-state index in [-0.39, 0.29) is 0 Å². The summed E-state index contributed by atoms with van der Waals surface area (Å²) in [6.45, 7) is 1.48. The molecule has 0 amide bonds. The van der Waals surface area contributed by atoms with E-state index < -0.39 is 10.0 Å². The second-order valence-electron chi connectivity index (χ2n) is 3.58. The Bertz CT molecular complexity index is 394. The third-order valence-electron chi connectivity index (χ3n) is 2.44. The highest BCUT2D eigenvalue weighted by atomic mass is 32.2. The minimum atomic E-state index is -3.28. The van der Waals surface area contributed by atoms with Gasteiger partial charge in [-0.3, -0.25) is 0 Å². The van der Waals surface area contributed by atoms with Gasteiger partial charge in [0.1, 0.15) is 4.21 Å². The number of hydrogen-bond donors (Lipinski definition) is 2. The van der Waals surface area contributed by atoms with Gasteiger partial charge in [0.05, 0.1) is 0 Å². The van der Waals surface area contributed by atoms with Crippen LogP contribution in [0.15, 0.2) is 21.7 Å². The first-order valence-electron chi connectivity index (χ1n) is 4.95. The first-order valence-corrected chi connectivity index (χ1v) is 7.31. The predicted octanol–water partition coefficient (Wildman–Crippen LogP) is 0.778. The molecule has 0 saturated carbocycles. The Labute approximate surface area is 93.8 Å². The Morgan fingerprint density at radius 3 is 3.07 bits per heavy atom. The van der Waals surface area contributed by atoms with Gasteiger partial charge in [-0.2, -0.15) is 0 Å². The largest absolute Gasteiger partial charge is 0.313 e. The van der Waals surface area contributed by atoms with Crippen molar-refractivity contribution in [3.05, 3.63) is 17.5 Å². The Kier molecular flexibility index (Phi) is 3.40. The van der Waals surface area contributed by atoms with E-state index in [1.165, 1.54) is 11.3 Å². The summed E-state index contributed by atoms with van der Waals surface area (Å²) < 4.78 is 26.5. The van der Waals surface area contributed by atoms with Gasteiger partial charge in [-0.25, -0.2) is 13.1 Å². The van der Waals surface area contributed by atoms with Crippen molar-refractivity contribution in [2.75, 3.05) is 13.1 Å². The first kappa shape index (κ1) is 11.1. The van der Waals surface area contributed by atoms with Gasteiger partial charge in [0, 0.05) is 12.6 Å². The summed E-state index contributed by atoms with van der Waals surface area (Å²) in [6, 6.07) is 3.65. The third kappa shape index (κ3) is 2.78. The van der Waals surface area contributed by atoms with Crippen molar-refractivity contribution >= 4 is 21.4 Å². The molecule has 0 radical (unpaired) electrons. The molecular weight excluding hydrogens is 232 g/mol. The normalized spacial score (nSPS) is 22.0. The Morgan fingerprint density at radius 2 is 2.47 bits per heavy atom. The van der Waals surface area contributed by atoms with Crippen molar-refractivity contribution in [3.8, 4) is 0 Å². The van der Waals surface area contributed by atoms with E-state index in [2.05, 4.69) is 10.0 Å². The molecule has 1 saturated heterocycles. The Balaban J connectivity index is 1.93. The van der Waals surface area contributed by atoms with Crippen LogP contribution in [0.2, 0.25) is 0 Å². The fourth-order valence-electron chi connectivity index (χ4n) is 1.63. The standard InChI is InChI=1S/C9H14N2O2S2/c12-15(13,9-4-2-6-14-9)11-7-8-3-1-5-10-8/h2,4,6,8,10-11H,1,3,5,7H2. The van der Waals surface area contributed by atoms with Crippen LogP contribution in [0.25, 0.3) is 0 Å². The molecule has 1 aliphatic heterocycles. The molecule has 2 N–H and O–H groups in total. The van der Waals surface area contributed by atoms with Gasteiger partial charge in [-0.15, -0.1) is 11.3 Å². The Hall–Kier alpha value is -0.430. The maximum Gasteiger partial charge on any atom is 0.250 e. The number of nitrogens with one attached hydrogen (secondary N) is 2. The van der Waals surface area contributed by atoms with Crippen LogP contribution < -0.4 is 10.0 Å². The van der Waals surface area contributed by atoms with Crippen molar-refractivity contribution in [2.24, 2.45) is 0 Å². The van der Waals surface area contributed by atoms with E-state index in [4.69, 9.17) is 0 Å². The zero-order chi connectivity index (χ0) is 10.7. The van der Waals surface area contributed by atoms with E-state index >= 15 is 0 Å². The lowest BCUT2D eigenvalue weighted by Crippen LogP contribution is -2.36. The van der Waals surface area contributed by atoms with Crippen LogP contribution in [0, 0.1) is 0 Å². The van der Waals surface area contributed by atoms with Gasteiger partial charge < -0.3 is 5.32 Å². The molecule has 1 aromatic rings. The summed E-state index contributed by atoms with van der Waals surface area (Å²) in [6.07, 6.45) is 2.18. The summed E-state index contributed by atoms with van der Waals surface area (Å²) in [5.74, 6) is 0. The predicted molar refractivity (Wildman–Crippen MR) is 60.5 cm³/mol. The minimum Gasteiger partial charge on any atom is -0.313 e. The molecule has 84 valence electrons. The molecule has 0 aromatic carbocycles. The van der Waals surface area contributed by atoms with Crippen molar-refractivity contribution in [3.63, 3.8) is 0 Å². The molecule has 1 aliphatic rings. The highest BCUT2D eigenvalue weighted by Gasteiger charge is 2.19. The van der Waals surface area contributed by atoms with Crippen LogP contribution in [0.5, 0.6) is 0 Å². The monoisotopic (exact) mass is 246 g/mol. The minimum absolute atomic E-state index is 0.291. The molecule has 1 atom stereocenters. The zero-order valence-electron chi connectivity index (χ0n) is 8.27. The second-order valence-corrected chi connectivity index (χ2v) is 6.52. The van der Waals surface area contributed by atoms with Gasteiger partial charge in [0.2, 0.25) is 10.0 Å². The smallest absolute Gasteiger partial charge is 0.250 e. The lowest BCUT2D eigenvalue weighted by Gasteiger charge is -2.10. The van der Waals surface area contributed by atoms with E-state index in [9.17, 15) is 8.42 Å². The molecule has 0 spiro atoms. The quantitative estimate of drug-likeness (QED) is 0.825. The van der Waals surface area contributed by atoms with Crippen LogP contribution in [0.1, 0.15) is 12.8 Å². The summed E-state index contributed by atoms with van der Waals surface area (Å²) in [7, 11) is -3.28. The van der Waals surface area contributed by atoms with Crippen LogP contribution >= 0.6 is 11.3 Å². The van der Waals surface area contributed by atoms with Crippen molar-refractivity contribution in [1.82, 2.24) is 10.0 Å². The van der Waals surface area contributed by atoms with E-state index in [1.54, 1.807) is 17.5 Å². The summed E-state index contributed by atoms with van der Waals surface area (Å²) in [4.78, 5) is 0. The number of hydrogen-bond acceptors (Lipinski definition) is 4. The SMILES string of the molecule is O=S(=O)(NCC1CCCN1)c1cccs1. The maximum atomic E-state index is 11.7. The van der Waals surface area contributed by atoms with Crippen molar-refractivity contribution in [2.45, 2.75) is 23.1 Å².